The smallest absolute Gasteiger partial charge is 0.543 e. The second-order valence-corrected chi connectivity index (χ2v) is 5.30. The standard InChI is InChI=1S/C9H9NO3S2.CH2O.Na/c1-2-14-6-7(11)10-5(9(12)13)3-4-15-8(6)10;1-2;/h2-3,6,8H,1,4H2,(H,12,13);1H2;/q;;+1/p-1/t6?,8-;;/m0../s1. The van der Waals surface area contributed by atoms with Gasteiger partial charge in [0.15, 0.2) is 0 Å². The molecule has 0 spiro atoms. The third-order valence-electron chi connectivity index (χ3n) is 2.25. The molecule has 2 heterocycles. The van der Waals surface area contributed by atoms with Crippen LogP contribution < -0.4 is 34.7 Å². The number of carbonyl (C=O) groups is 3. The number of carboxylic acids is 1. The fourth-order valence-electron chi connectivity index (χ4n) is 1.59. The number of carboxylic acid groups (broad SMARTS) is 1. The van der Waals surface area contributed by atoms with Crippen LogP contribution in [0.15, 0.2) is 23.8 Å². The molecule has 2 atom stereocenters. The van der Waals surface area contributed by atoms with E-state index in [0.717, 1.165) is 0 Å². The van der Waals surface area contributed by atoms with E-state index in [9.17, 15) is 14.7 Å². The Labute approximate surface area is 135 Å². The van der Waals surface area contributed by atoms with Crippen molar-refractivity contribution in [1.29, 1.82) is 0 Å². The van der Waals surface area contributed by atoms with E-state index in [1.165, 1.54) is 22.7 Å². The van der Waals surface area contributed by atoms with Crippen LogP contribution in [0.1, 0.15) is 0 Å². The second kappa shape index (κ2) is 8.06. The van der Waals surface area contributed by atoms with Crippen LogP contribution in [0.4, 0.5) is 0 Å². The van der Waals surface area contributed by atoms with Gasteiger partial charge in [-0.3, -0.25) is 9.69 Å². The molecule has 0 aliphatic carbocycles. The molecular weight excluding hydrogens is 285 g/mol. The van der Waals surface area contributed by atoms with E-state index in [2.05, 4.69) is 6.58 Å². The van der Waals surface area contributed by atoms with E-state index in [1.54, 1.807) is 17.2 Å². The summed E-state index contributed by atoms with van der Waals surface area (Å²) in [5.41, 5.74) is 0.00432. The number of β-lactam (4-membered cyclic amide) rings is 1. The van der Waals surface area contributed by atoms with Gasteiger partial charge in [-0.15, -0.1) is 23.5 Å². The fourth-order valence-corrected chi connectivity index (χ4v) is 3.82. The van der Waals surface area contributed by atoms with Gasteiger partial charge < -0.3 is 14.7 Å². The zero-order chi connectivity index (χ0) is 13.0. The summed E-state index contributed by atoms with van der Waals surface area (Å²) in [7, 11) is 0. The van der Waals surface area contributed by atoms with Gasteiger partial charge in [-0.2, -0.15) is 0 Å². The van der Waals surface area contributed by atoms with Crippen molar-refractivity contribution in [1.82, 2.24) is 4.90 Å². The summed E-state index contributed by atoms with van der Waals surface area (Å²) in [6.45, 7) is 5.55. The molecule has 1 amide bonds. The summed E-state index contributed by atoms with van der Waals surface area (Å²) in [5.74, 6) is -0.852. The molecule has 5 nitrogen and oxygen atoms in total. The average Bonchev–Trinajstić information content (AvgIpc) is 2.37. The van der Waals surface area contributed by atoms with Crippen molar-refractivity contribution >= 4 is 42.2 Å². The molecule has 1 saturated heterocycles. The van der Waals surface area contributed by atoms with Crippen molar-refractivity contribution in [2.75, 3.05) is 5.75 Å². The first-order chi connectivity index (χ1) is 8.16. The minimum atomic E-state index is -1.28. The third kappa shape index (κ3) is 3.21. The van der Waals surface area contributed by atoms with Crippen molar-refractivity contribution < 1.29 is 49.0 Å². The minimum Gasteiger partial charge on any atom is -0.543 e. The molecule has 2 rings (SSSR count). The van der Waals surface area contributed by atoms with Crippen molar-refractivity contribution in [2.45, 2.75) is 10.6 Å². The molecule has 0 aromatic heterocycles. The minimum absolute atomic E-state index is 0. The molecule has 2 aliphatic heterocycles. The Bertz CT molecular complexity index is 388. The quantitative estimate of drug-likeness (QED) is 0.399. The van der Waals surface area contributed by atoms with Gasteiger partial charge in [0.25, 0.3) is 0 Å². The summed E-state index contributed by atoms with van der Waals surface area (Å²) >= 11 is 2.89. The normalized spacial score (nSPS) is 24.3. The van der Waals surface area contributed by atoms with Crippen LogP contribution in [0, 0.1) is 0 Å². The van der Waals surface area contributed by atoms with Gasteiger partial charge in [-0.1, -0.05) is 6.58 Å². The van der Waals surface area contributed by atoms with Gasteiger partial charge >= 0.3 is 29.6 Å². The monoisotopic (exact) mass is 295 g/mol. The maximum atomic E-state index is 11.6. The number of aliphatic carboxylic acids is 1. The predicted molar refractivity (Wildman–Crippen MR) is 64.9 cm³/mol. The molecule has 0 radical (unpaired) electrons. The van der Waals surface area contributed by atoms with Crippen molar-refractivity contribution in [3.8, 4) is 0 Å². The van der Waals surface area contributed by atoms with Crippen LogP contribution in [0.25, 0.3) is 0 Å². The number of nitrogens with zero attached hydrogens (tertiary/aromatic N) is 1. The molecule has 0 bridgehead atoms. The Kier molecular flexibility index (Phi) is 7.97. The number of carbonyl (C=O) groups excluding carboxylic acids is 3. The van der Waals surface area contributed by atoms with Crippen LogP contribution in [-0.2, 0) is 14.4 Å². The molecule has 1 fully saturated rings. The number of hydrogen-bond donors (Lipinski definition) is 0. The van der Waals surface area contributed by atoms with Crippen LogP contribution >= 0.6 is 23.5 Å². The Morgan fingerprint density at radius 3 is 2.72 bits per heavy atom. The van der Waals surface area contributed by atoms with E-state index in [4.69, 9.17) is 4.79 Å². The number of thioether (sulfide) groups is 2. The summed E-state index contributed by atoms with van der Waals surface area (Å²) in [6.07, 6.45) is 1.52. The zero-order valence-electron chi connectivity index (χ0n) is 9.83. The molecule has 2 aliphatic rings. The van der Waals surface area contributed by atoms with Gasteiger partial charge in [0.1, 0.15) is 17.4 Å². The van der Waals surface area contributed by atoms with Crippen LogP contribution in [-0.4, -0.2) is 39.9 Å². The van der Waals surface area contributed by atoms with Gasteiger partial charge in [-0.25, -0.2) is 0 Å². The van der Waals surface area contributed by atoms with Crippen LogP contribution in [0.2, 0.25) is 0 Å². The van der Waals surface area contributed by atoms with E-state index < -0.39 is 5.97 Å². The molecule has 0 saturated carbocycles. The number of hydrogen-bond acceptors (Lipinski definition) is 6. The summed E-state index contributed by atoms with van der Waals surface area (Å²) in [5, 5.41) is 12.1. The van der Waals surface area contributed by atoms with E-state index in [1.807, 2.05) is 6.79 Å². The SMILES string of the molecule is C=CSC1C(=O)N2C(C(=O)[O-])=CCS[C@@H]12.C=O.[Na+]. The first-order valence-corrected chi connectivity index (χ1v) is 6.57. The van der Waals surface area contributed by atoms with Crippen molar-refractivity contribution in [3.05, 3.63) is 23.8 Å². The van der Waals surface area contributed by atoms with Crippen molar-refractivity contribution in [3.63, 3.8) is 0 Å². The van der Waals surface area contributed by atoms with Crippen LogP contribution in [0.5, 0.6) is 0 Å². The van der Waals surface area contributed by atoms with E-state index >= 15 is 0 Å². The Morgan fingerprint density at radius 2 is 2.22 bits per heavy atom. The molecule has 8 heteroatoms. The fraction of sp³-hybridized carbons (Fsp3) is 0.300. The number of fused-ring (bicyclic) bond motifs is 1. The van der Waals surface area contributed by atoms with Gasteiger partial charge in [-0.05, 0) is 11.5 Å². The first-order valence-electron chi connectivity index (χ1n) is 4.58. The molecule has 0 aromatic rings. The zero-order valence-corrected chi connectivity index (χ0v) is 13.5. The Balaban J connectivity index is 0.000000917. The summed E-state index contributed by atoms with van der Waals surface area (Å²) in [6, 6.07) is 0. The van der Waals surface area contributed by atoms with Crippen molar-refractivity contribution in [2.24, 2.45) is 0 Å². The molecule has 18 heavy (non-hydrogen) atoms. The molecule has 92 valence electrons. The van der Waals surface area contributed by atoms with E-state index in [0.29, 0.717) is 5.75 Å². The largest absolute Gasteiger partial charge is 1.00 e. The summed E-state index contributed by atoms with van der Waals surface area (Å²) < 4.78 is 0. The average molecular weight is 295 g/mol. The molecular formula is C10H10NNaO4S2. The molecule has 0 N–H and O–H groups in total. The molecule has 1 unspecified atom stereocenters. The number of amides is 1. The summed E-state index contributed by atoms with van der Waals surface area (Å²) in [4.78, 5) is 31.7. The third-order valence-corrected chi connectivity index (χ3v) is 4.55. The second-order valence-electron chi connectivity index (χ2n) is 3.03. The maximum Gasteiger partial charge on any atom is 1.00 e. The first kappa shape index (κ1) is 17.8. The van der Waals surface area contributed by atoms with Crippen LogP contribution in [0.3, 0.4) is 0 Å². The Hall–Kier alpha value is -0.210. The predicted octanol–water partition coefficient (Wildman–Crippen LogP) is -3.40. The van der Waals surface area contributed by atoms with Gasteiger partial charge in [0.2, 0.25) is 5.91 Å². The maximum absolute atomic E-state index is 11.6. The number of rotatable bonds is 3. The van der Waals surface area contributed by atoms with E-state index in [-0.39, 0.29) is 51.8 Å². The topological polar surface area (TPSA) is 77.5 Å². The Morgan fingerprint density at radius 1 is 1.61 bits per heavy atom. The molecule has 0 aromatic carbocycles. The van der Waals surface area contributed by atoms with Gasteiger partial charge in [0, 0.05) is 5.75 Å². The van der Waals surface area contributed by atoms with Gasteiger partial charge in [0.05, 0.1) is 11.7 Å².